The van der Waals surface area contributed by atoms with Gasteiger partial charge in [-0.05, 0) is 53.3 Å². The van der Waals surface area contributed by atoms with E-state index in [4.69, 9.17) is 29.8 Å². The van der Waals surface area contributed by atoms with Gasteiger partial charge in [-0.25, -0.2) is 4.98 Å². The number of carbonyl (C=O) groups is 1. The molecule has 204 valence electrons. The molecule has 0 bridgehead atoms. The zero-order chi connectivity index (χ0) is 27.6. The number of pyridine rings is 1. The van der Waals surface area contributed by atoms with Crippen LogP contribution in [0.1, 0.15) is 23.7 Å². The zero-order valence-electron chi connectivity index (χ0n) is 22.4. The molecule has 1 aliphatic rings. The number of nitrogens with two attached hydrogens (primary N) is 1. The first-order chi connectivity index (χ1) is 19.5. The summed E-state index contributed by atoms with van der Waals surface area (Å²) < 4.78 is 24.4. The van der Waals surface area contributed by atoms with Crippen LogP contribution in [0.4, 0.5) is 5.82 Å². The summed E-state index contributed by atoms with van der Waals surface area (Å²) in [6.45, 7) is 1.53. The number of carbonyl (C=O) groups excluding carboxylic acids is 1. The molecule has 40 heavy (non-hydrogen) atoms. The molecule has 0 saturated carbocycles. The molecule has 1 fully saturated rings. The lowest BCUT2D eigenvalue weighted by Gasteiger charge is -2.16. The van der Waals surface area contributed by atoms with Gasteiger partial charge < -0.3 is 24.7 Å². The lowest BCUT2D eigenvalue weighted by atomic mass is 10.00. The van der Waals surface area contributed by atoms with Crippen molar-refractivity contribution in [2.75, 3.05) is 33.2 Å². The Bertz CT molecular complexity index is 1710. The van der Waals surface area contributed by atoms with Crippen LogP contribution in [-0.4, -0.2) is 48.2 Å². The molecule has 9 heteroatoms. The van der Waals surface area contributed by atoms with E-state index in [1.54, 1.807) is 25.4 Å². The maximum absolute atomic E-state index is 12.0. The fourth-order valence-electron chi connectivity index (χ4n) is 5.18. The third kappa shape index (κ3) is 4.91. The predicted octanol–water partition coefficient (Wildman–Crippen LogP) is 5.10. The fourth-order valence-corrected chi connectivity index (χ4v) is 5.18. The number of benzene rings is 3. The summed E-state index contributed by atoms with van der Waals surface area (Å²) in [5, 5.41) is 7.90. The summed E-state index contributed by atoms with van der Waals surface area (Å²) >= 11 is 0. The fraction of sp³-hybridized carbons (Fsp3) is 0.258. The van der Waals surface area contributed by atoms with Gasteiger partial charge in [0.15, 0.2) is 0 Å². The Balaban J connectivity index is 1.41. The van der Waals surface area contributed by atoms with E-state index >= 15 is 0 Å². The molecule has 1 aliphatic heterocycles. The molecule has 0 amide bonds. The summed E-state index contributed by atoms with van der Waals surface area (Å²) in [5.41, 5.74) is 10.8. The summed E-state index contributed by atoms with van der Waals surface area (Å²) in [7, 11) is 2.97. The molecule has 1 unspecified atom stereocenters. The highest BCUT2D eigenvalue weighted by molar-refractivity contribution is 5.95. The van der Waals surface area contributed by atoms with Crippen LogP contribution in [0.3, 0.4) is 0 Å². The van der Waals surface area contributed by atoms with Gasteiger partial charge in [-0.2, -0.15) is 5.10 Å². The van der Waals surface area contributed by atoms with Crippen LogP contribution >= 0.6 is 0 Å². The highest BCUT2D eigenvalue weighted by Gasteiger charge is 2.24. The Labute approximate surface area is 231 Å². The van der Waals surface area contributed by atoms with Crippen molar-refractivity contribution in [2.24, 2.45) is 0 Å². The van der Waals surface area contributed by atoms with Crippen LogP contribution in [0, 0.1) is 0 Å². The molecule has 2 aromatic heterocycles. The van der Waals surface area contributed by atoms with Crippen molar-refractivity contribution in [1.82, 2.24) is 14.8 Å². The summed E-state index contributed by atoms with van der Waals surface area (Å²) in [5.74, 6) is 1.36. The summed E-state index contributed by atoms with van der Waals surface area (Å²) in [6, 6.07) is 19.9. The van der Waals surface area contributed by atoms with Gasteiger partial charge in [-0.15, -0.1) is 0 Å². The van der Waals surface area contributed by atoms with Gasteiger partial charge in [0, 0.05) is 35.2 Å². The molecule has 0 aliphatic carbocycles. The lowest BCUT2D eigenvalue weighted by molar-refractivity contribution is -0.139. The van der Waals surface area contributed by atoms with Gasteiger partial charge >= 0.3 is 5.97 Å². The smallest absolute Gasteiger partial charge is 0.310 e. The quantitative estimate of drug-likeness (QED) is 0.272. The van der Waals surface area contributed by atoms with Crippen molar-refractivity contribution in [3.05, 3.63) is 78.1 Å². The van der Waals surface area contributed by atoms with Crippen LogP contribution < -0.4 is 15.2 Å². The lowest BCUT2D eigenvalue weighted by Crippen LogP contribution is -2.15. The average Bonchev–Trinajstić information content (AvgIpc) is 3.64. The largest absolute Gasteiger partial charge is 0.497 e. The number of nitrogens with zero attached hydrogens (tertiary/aromatic N) is 3. The molecular weight excluding hydrogens is 508 g/mol. The van der Waals surface area contributed by atoms with Crippen molar-refractivity contribution in [1.29, 1.82) is 0 Å². The van der Waals surface area contributed by atoms with Crippen LogP contribution in [-0.2, 0) is 27.3 Å². The number of anilines is 1. The van der Waals surface area contributed by atoms with Gasteiger partial charge in [-0.1, -0.05) is 24.3 Å². The molecule has 1 saturated heterocycles. The minimum Gasteiger partial charge on any atom is -0.497 e. The third-order valence-electron chi connectivity index (χ3n) is 7.38. The van der Waals surface area contributed by atoms with Crippen molar-refractivity contribution in [2.45, 2.75) is 25.5 Å². The maximum Gasteiger partial charge on any atom is 0.310 e. The number of fused-ring (bicyclic) bond motifs is 2. The molecule has 1 atom stereocenters. The number of aromatic nitrogens is 3. The van der Waals surface area contributed by atoms with E-state index in [-0.39, 0.29) is 25.0 Å². The van der Waals surface area contributed by atoms with Crippen LogP contribution in [0.2, 0.25) is 0 Å². The van der Waals surface area contributed by atoms with E-state index < -0.39 is 0 Å². The third-order valence-corrected chi connectivity index (χ3v) is 7.38. The average molecular weight is 539 g/mol. The van der Waals surface area contributed by atoms with Crippen LogP contribution in [0.25, 0.3) is 32.8 Å². The van der Waals surface area contributed by atoms with Gasteiger partial charge in [0.25, 0.3) is 0 Å². The molecule has 0 spiro atoms. The molecule has 3 heterocycles. The van der Waals surface area contributed by atoms with Gasteiger partial charge in [0.1, 0.15) is 23.9 Å². The molecule has 6 rings (SSSR count). The first kappa shape index (κ1) is 25.6. The van der Waals surface area contributed by atoms with Gasteiger partial charge in [0.2, 0.25) is 0 Å². The number of methoxy groups -OCH3 is 2. The van der Waals surface area contributed by atoms with E-state index in [2.05, 4.69) is 35.3 Å². The Hall–Kier alpha value is -4.63. The van der Waals surface area contributed by atoms with E-state index in [0.29, 0.717) is 30.5 Å². The van der Waals surface area contributed by atoms with E-state index in [1.807, 2.05) is 22.9 Å². The van der Waals surface area contributed by atoms with Crippen LogP contribution in [0.15, 0.2) is 66.9 Å². The Morgan fingerprint density at radius 1 is 1.05 bits per heavy atom. The van der Waals surface area contributed by atoms with Crippen molar-refractivity contribution in [3.63, 3.8) is 0 Å². The van der Waals surface area contributed by atoms with Gasteiger partial charge in [-0.3, -0.25) is 9.48 Å². The Morgan fingerprint density at radius 2 is 1.88 bits per heavy atom. The predicted molar refractivity (Wildman–Crippen MR) is 152 cm³/mol. The van der Waals surface area contributed by atoms with E-state index in [0.717, 1.165) is 50.5 Å². The second-order valence-corrected chi connectivity index (χ2v) is 9.79. The normalized spacial score (nSPS) is 15.0. The number of nitrogen functional groups attached to an aromatic ring is 1. The Morgan fingerprint density at radius 3 is 2.65 bits per heavy atom. The minimum atomic E-state index is -0.343. The minimum absolute atomic E-state index is 0.0937. The number of rotatable bonds is 8. The molecule has 3 aromatic carbocycles. The van der Waals surface area contributed by atoms with E-state index in [1.165, 1.54) is 7.11 Å². The molecule has 0 radical (unpaired) electrons. The highest BCUT2D eigenvalue weighted by Crippen LogP contribution is 2.33. The first-order valence-electron chi connectivity index (χ1n) is 13.1. The number of hydrogen-bond donors (Lipinski definition) is 1. The molecule has 9 nitrogen and oxygen atoms in total. The van der Waals surface area contributed by atoms with E-state index in [9.17, 15) is 4.79 Å². The SMILES string of the molecule is COC(=O)Cc1ccc(OC)cc1OCc1c2cc(-c3ccc4ccnc(N)c4c3)ccc2nn1C1CCOC1. The number of hydrogen-bond acceptors (Lipinski definition) is 8. The van der Waals surface area contributed by atoms with Crippen molar-refractivity contribution >= 4 is 33.5 Å². The monoisotopic (exact) mass is 538 g/mol. The number of ether oxygens (including phenoxy) is 4. The second-order valence-electron chi connectivity index (χ2n) is 9.79. The van der Waals surface area contributed by atoms with Gasteiger partial charge in [0.05, 0.1) is 44.5 Å². The second kappa shape index (κ2) is 10.9. The zero-order valence-corrected chi connectivity index (χ0v) is 22.4. The van der Waals surface area contributed by atoms with Crippen molar-refractivity contribution in [3.8, 4) is 22.6 Å². The molecular formula is C31H30N4O5. The summed E-state index contributed by atoms with van der Waals surface area (Å²) in [6.07, 6.45) is 2.68. The Kier molecular flexibility index (Phi) is 6.96. The topological polar surface area (TPSA) is 111 Å². The maximum atomic E-state index is 12.0. The summed E-state index contributed by atoms with van der Waals surface area (Å²) in [4.78, 5) is 16.3. The van der Waals surface area contributed by atoms with Crippen LogP contribution in [0.5, 0.6) is 11.5 Å². The molecule has 2 N–H and O–H groups in total. The number of esters is 1. The van der Waals surface area contributed by atoms with Crippen molar-refractivity contribution < 1.29 is 23.7 Å². The first-order valence-corrected chi connectivity index (χ1v) is 13.1. The standard InChI is InChI=1S/C31H30N4O5/c1-37-24-7-5-22(15-30(36)38-2)29(16-24)40-18-28-26-14-21(6-8-27(26)34-35(28)23-10-12-39-17-23)20-4-3-19-9-11-33-31(32)25(19)13-20/h3-9,11,13-14,16,23H,10,12,15,17-18H2,1-2H3,(H2,32,33). The highest BCUT2D eigenvalue weighted by atomic mass is 16.5. The molecule has 5 aromatic rings.